The Hall–Kier alpha value is -3.88. The van der Waals surface area contributed by atoms with Crippen LogP contribution in [0.5, 0.6) is 0 Å². The van der Waals surface area contributed by atoms with Crippen LogP contribution < -0.4 is 11.4 Å². The van der Waals surface area contributed by atoms with E-state index in [1.165, 1.54) is 4.57 Å². The Balaban J connectivity index is 1.39. The number of benzene rings is 1. The maximum Gasteiger partial charge on any atom is 0.327 e. The molecule has 14 heteroatoms. The van der Waals surface area contributed by atoms with E-state index >= 15 is 0 Å². The van der Waals surface area contributed by atoms with Crippen molar-refractivity contribution < 1.29 is 23.7 Å². The topological polar surface area (TPSA) is 175 Å². The van der Waals surface area contributed by atoms with Gasteiger partial charge in [-0.3, -0.25) is 9.36 Å². The Morgan fingerprint density at radius 2 is 1.68 bits per heavy atom. The Morgan fingerprint density at radius 1 is 0.977 bits per heavy atom. The normalized spacial score (nSPS) is 12.7. The number of aliphatic imine (C=N–C) groups is 2. The lowest BCUT2D eigenvalue weighted by molar-refractivity contribution is 0.0153. The molecule has 0 bridgehead atoms. The van der Waals surface area contributed by atoms with Crippen LogP contribution in [0.2, 0.25) is 0 Å². The van der Waals surface area contributed by atoms with E-state index in [0.29, 0.717) is 75.7 Å². The highest BCUT2D eigenvalue weighted by Crippen LogP contribution is 2.21. The Bertz CT molecular complexity index is 1290. The van der Waals surface area contributed by atoms with Gasteiger partial charge in [-0.2, -0.15) is 14.9 Å². The number of carbonyl (C=O) groups is 1. The first kappa shape index (κ1) is 34.6. The number of ether oxygens (including phenoxy) is 4. The summed E-state index contributed by atoms with van der Waals surface area (Å²) in [6, 6.07) is 7.39. The maximum absolute atomic E-state index is 12.9. The van der Waals surface area contributed by atoms with Gasteiger partial charge in [0.05, 0.1) is 51.9 Å². The van der Waals surface area contributed by atoms with E-state index in [9.17, 15) is 14.5 Å². The van der Waals surface area contributed by atoms with Gasteiger partial charge in [0.25, 0.3) is 5.91 Å². The molecule has 1 amide bonds. The number of amides is 1. The monoisotopic (exact) mass is 615 g/mol. The predicted octanol–water partition coefficient (Wildman–Crippen LogP) is 3.00. The second-order valence-electron chi connectivity index (χ2n) is 10.4. The average Bonchev–Trinajstić information content (AvgIpc) is 3.19. The number of nitrogens with zero attached hydrogens (tertiary/aromatic N) is 5. The summed E-state index contributed by atoms with van der Waals surface area (Å²) < 4.78 is 23.3. The van der Waals surface area contributed by atoms with Gasteiger partial charge in [0.2, 0.25) is 0 Å². The van der Waals surface area contributed by atoms with E-state index in [-0.39, 0.29) is 37.1 Å². The molecule has 1 aromatic carbocycles. The molecule has 0 fully saturated rings. The molecule has 0 atom stereocenters. The lowest BCUT2D eigenvalue weighted by atomic mass is 10.1. The lowest BCUT2D eigenvalue weighted by Gasteiger charge is -2.17. The number of nitrogens with two attached hydrogens (primary N) is 1. The molecule has 0 spiro atoms. The van der Waals surface area contributed by atoms with Crippen molar-refractivity contribution in [2.45, 2.75) is 52.0 Å². The lowest BCUT2D eigenvalue weighted by Crippen LogP contribution is -2.27. The van der Waals surface area contributed by atoms with Crippen molar-refractivity contribution in [1.29, 1.82) is 0 Å². The second kappa shape index (κ2) is 19.4. The third kappa shape index (κ3) is 11.7. The SMILES string of the molecule is CCCCOC1=Nc2c([nH]c(=O)n2Cc2ccc(C(=O)N(C)CCCCCOCCOCCOCCN=O)cc2)CC(N)=N1. The van der Waals surface area contributed by atoms with Gasteiger partial charge in [0.1, 0.15) is 12.4 Å². The molecule has 0 saturated heterocycles. The van der Waals surface area contributed by atoms with Crippen LogP contribution in [0.1, 0.15) is 60.6 Å². The largest absolute Gasteiger partial charge is 0.463 e. The first-order valence-corrected chi connectivity index (χ1v) is 15.2. The van der Waals surface area contributed by atoms with Crippen molar-refractivity contribution >= 4 is 23.6 Å². The van der Waals surface area contributed by atoms with E-state index in [0.717, 1.165) is 37.7 Å². The summed E-state index contributed by atoms with van der Waals surface area (Å²) in [7, 11) is 1.80. The summed E-state index contributed by atoms with van der Waals surface area (Å²) in [5.74, 6) is 0.699. The summed E-state index contributed by atoms with van der Waals surface area (Å²) >= 11 is 0. The predicted molar refractivity (Wildman–Crippen MR) is 168 cm³/mol. The molecule has 1 aromatic heterocycles. The molecule has 2 heterocycles. The molecule has 2 aromatic rings. The zero-order chi connectivity index (χ0) is 31.6. The van der Waals surface area contributed by atoms with E-state index in [2.05, 4.69) is 27.1 Å². The molecule has 44 heavy (non-hydrogen) atoms. The third-order valence-corrected chi connectivity index (χ3v) is 6.80. The van der Waals surface area contributed by atoms with Gasteiger partial charge >= 0.3 is 11.7 Å². The molecule has 0 radical (unpaired) electrons. The summed E-state index contributed by atoms with van der Waals surface area (Å²) in [4.78, 5) is 48.9. The fraction of sp³-hybridized carbons (Fsp3) is 0.600. The summed E-state index contributed by atoms with van der Waals surface area (Å²) in [5.41, 5.74) is 7.73. The molecule has 14 nitrogen and oxygen atoms in total. The Labute approximate surface area is 257 Å². The molecular formula is C30H45N7O7. The number of aromatic amines is 1. The number of carbonyl (C=O) groups excluding carboxylic acids is 1. The van der Waals surface area contributed by atoms with Gasteiger partial charge in [0.15, 0.2) is 5.82 Å². The average molecular weight is 616 g/mol. The summed E-state index contributed by atoms with van der Waals surface area (Å²) in [6.07, 6.45) is 4.80. The van der Waals surface area contributed by atoms with Crippen molar-refractivity contribution in [3.63, 3.8) is 0 Å². The number of H-pyrrole nitrogens is 1. The Morgan fingerprint density at radius 3 is 2.39 bits per heavy atom. The van der Waals surface area contributed by atoms with Crippen LogP contribution in [0.15, 0.2) is 44.2 Å². The van der Waals surface area contributed by atoms with E-state index < -0.39 is 0 Å². The van der Waals surface area contributed by atoms with Gasteiger partial charge in [0, 0.05) is 32.2 Å². The van der Waals surface area contributed by atoms with Crippen molar-refractivity contribution in [1.82, 2.24) is 14.5 Å². The van der Waals surface area contributed by atoms with Crippen LogP contribution in [-0.4, -0.2) is 98.6 Å². The van der Waals surface area contributed by atoms with E-state index in [1.807, 2.05) is 12.1 Å². The van der Waals surface area contributed by atoms with Crippen molar-refractivity contribution in [3.8, 4) is 0 Å². The number of hydrogen-bond donors (Lipinski definition) is 2. The molecule has 3 rings (SSSR count). The van der Waals surface area contributed by atoms with Crippen molar-refractivity contribution in [2.75, 3.05) is 66.4 Å². The minimum Gasteiger partial charge on any atom is -0.463 e. The van der Waals surface area contributed by atoms with E-state index in [4.69, 9.17) is 24.7 Å². The first-order chi connectivity index (χ1) is 21.4. The van der Waals surface area contributed by atoms with Crippen LogP contribution in [0.25, 0.3) is 0 Å². The number of aromatic nitrogens is 2. The van der Waals surface area contributed by atoms with Gasteiger partial charge in [-0.15, -0.1) is 0 Å². The fourth-order valence-corrected chi connectivity index (χ4v) is 4.37. The molecule has 0 saturated carbocycles. The van der Waals surface area contributed by atoms with Gasteiger partial charge in [-0.1, -0.05) is 30.7 Å². The minimum atomic E-state index is -0.299. The van der Waals surface area contributed by atoms with Crippen LogP contribution in [0.4, 0.5) is 5.82 Å². The van der Waals surface area contributed by atoms with E-state index in [1.54, 1.807) is 24.1 Å². The number of nitroso groups, excluding NO2 is 1. The van der Waals surface area contributed by atoms with Crippen LogP contribution in [-0.2, 0) is 31.9 Å². The molecule has 0 aliphatic carbocycles. The number of imidazole rings is 1. The highest BCUT2D eigenvalue weighted by atomic mass is 16.5. The van der Waals surface area contributed by atoms with Crippen LogP contribution in [0.3, 0.4) is 0 Å². The minimum absolute atomic E-state index is 0.0601. The number of nitrogens with one attached hydrogen (secondary N) is 1. The van der Waals surface area contributed by atoms with Crippen LogP contribution in [0, 0.1) is 4.91 Å². The van der Waals surface area contributed by atoms with Gasteiger partial charge < -0.3 is 34.6 Å². The maximum atomic E-state index is 12.9. The quantitative estimate of drug-likeness (QED) is 0.159. The zero-order valence-electron chi connectivity index (χ0n) is 25.8. The molecule has 0 unspecified atom stereocenters. The number of hydrogen-bond acceptors (Lipinski definition) is 11. The van der Waals surface area contributed by atoms with Crippen molar-refractivity contribution in [3.05, 3.63) is 56.5 Å². The standard InChI is InChI=1S/C30H45N7O7/c1-3-4-15-44-29-34-26(31)21-25-27(35-29)37(30(39)33-25)22-23-8-10-24(11-9-23)28(38)36(2)13-6-5-7-14-41-17-19-43-20-18-42-16-12-32-40/h8-11H,3-7,12-22H2,1-2H3,(H,33,39)(H2,31,34,35). The molecule has 1 aliphatic rings. The second-order valence-corrected chi connectivity index (χ2v) is 10.4. The number of rotatable bonds is 21. The Kier molecular flexibility index (Phi) is 15.3. The third-order valence-electron chi connectivity index (χ3n) is 6.80. The molecule has 1 aliphatic heterocycles. The summed E-state index contributed by atoms with van der Waals surface area (Å²) in [5, 5.41) is 2.72. The highest BCUT2D eigenvalue weighted by Gasteiger charge is 2.20. The molecule has 3 N–H and O–H groups in total. The fourth-order valence-electron chi connectivity index (χ4n) is 4.37. The highest BCUT2D eigenvalue weighted by molar-refractivity contribution is 5.96. The zero-order valence-corrected chi connectivity index (χ0v) is 25.8. The number of amidine groups is 2. The first-order valence-electron chi connectivity index (χ1n) is 15.2. The smallest absolute Gasteiger partial charge is 0.327 e. The number of unbranched alkanes of at least 4 members (excludes halogenated alkanes) is 3. The van der Waals surface area contributed by atoms with Crippen LogP contribution >= 0.6 is 0 Å². The number of fused-ring (bicyclic) bond motifs is 1. The van der Waals surface area contributed by atoms with Gasteiger partial charge in [-0.25, -0.2) is 4.79 Å². The summed E-state index contributed by atoms with van der Waals surface area (Å²) in [6.45, 7) is 6.43. The molecule has 242 valence electrons. The van der Waals surface area contributed by atoms with Crippen molar-refractivity contribution in [2.24, 2.45) is 20.9 Å². The molecular weight excluding hydrogens is 570 g/mol. The van der Waals surface area contributed by atoms with Gasteiger partial charge in [-0.05, 0) is 43.4 Å².